The second kappa shape index (κ2) is 12.6. The number of ether oxygens (including phenoxy) is 1. The van der Waals surface area contributed by atoms with E-state index in [1.807, 2.05) is 54.6 Å². The zero-order valence-corrected chi connectivity index (χ0v) is 21.4. The Morgan fingerprint density at radius 2 is 1.79 bits per heavy atom. The summed E-state index contributed by atoms with van der Waals surface area (Å²) in [4.78, 5) is 11.3. The van der Waals surface area contributed by atoms with E-state index in [1.165, 1.54) is 0 Å². The van der Waals surface area contributed by atoms with Crippen LogP contribution in [0.4, 0.5) is 0 Å². The molecule has 2 N–H and O–H groups in total. The molecule has 3 atom stereocenters. The number of nitrogens with one attached hydrogen (secondary N) is 1. The van der Waals surface area contributed by atoms with Crippen LogP contribution in [-0.2, 0) is 38.3 Å². The maximum Gasteiger partial charge on any atom is 0.303 e. The van der Waals surface area contributed by atoms with E-state index < -0.39 is 35.2 Å². The van der Waals surface area contributed by atoms with Crippen LogP contribution in [-0.4, -0.2) is 39.4 Å². The van der Waals surface area contributed by atoms with Crippen molar-refractivity contribution in [3.8, 4) is 5.75 Å². The van der Waals surface area contributed by atoms with Crippen molar-refractivity contribution >= 4 is 24.7 Å². The van der Waals surface area contributed by atoms with Crippen LogP contribution in [0.5, 0.6) is 5.75 Å². The highest BCUT2D eigenvalue weighted by Crippen LogP contribution is 2.54. The van der Waals surface area contributed by atoms with Crippen LogP contribution in [0.25, 0.3) is 0 Å². The first kappa shape index (κ1) is 27.4. The highest BCUT2D eigenvalue weighted by molar-refractivity contribution is 7.91. The van der Waals surface area contributed by atoms with Gasteiger partial charge in [-0.05, 0) is 50.8 Å². The Morgan fingerprint density at radius 1 is 1.15 bits per heavy atom. The number of hydrogen-bond donors (Lipinski definition) is 2. The lowest BCUT2D eigenvalue weighted by atomic mass is 10.1. The van der Waals surface area contributed by atoms with Gasteiger partial charge in [-0.1, -0.05) is 48.5 Å². The average molecular weight is 496 g/mol. The molecule has 9 heteroatoms. The second-order valence-corrected chi connectivity index (χ2v) is 13.5. The van der Waals surface area contributed by atoms with Gasteiger partial charge in [0, 0.05) is 23.9 Å². The van der Waals surface area contributed by atoms with Gasteiger partial charge in [-0.15, -0.1) is 4.72 Å². The van der Waals surface area contributed by atoms with Gasteiger partial charge in [0.15, 0.2) is 0 Å². The number of benzene rings is 2. The molecule has 2 aromatic rings. The Labute approximate surface area is 199 Å². The largest absolute Gasteiger partial charge is 0.598 e. The Morgan fingerprint density at radius 3 is 2.39 bits per heavy atom. The third kappa shape index (κ3) is 8.80. The van der Waals surface area contributed by atoms with E-state index in [9.17, 15) is 19.0 Å². The van der Waals surface area contributed by atoms with Crippen molar-refractivity contribution in [2.45, 2.75) is 57.2 Å². The SMILES string of the molecule is COc1ccccc1CCP(=O)(OCc1ccccc1)[C@H](CCC(=O)O)N[S@@+]([O-])C(C)(C)C. The van der Waals surface area contributed by atoms with Crippen LogP contribution in [0.15, 0.2) is 54.6 Å². The van der Waals surface area contributed by atoms with Crippen LogP contribution >= 0.6 is 7.37 Å². The van der Waals surface area contributed by atoms with Crippen LogP contribution in [0.3, 0.4) is 0 Å². The zero-order chi connectivity index (χ0) is 24.5. The van der Waals surface area contributed by atoms with E-state index >= 15 is 0 Å². The molecule has 0 amide bonds. The van der Waals surface area contributed by atoms with Gasteiger partial charge in [0.2, 0.25) is 7.37 Å². The van der Waals surface area contributed by atoms with Gasteiger partial charge in [0.25, 0.3) is 0 Å². The predicted molar refractivity (Wildman–Crippen MR) is 132 cm³/mol. The highest BCUT2D eigenvalue weighted by atomic mass is 32.2. The normalized spacial score (nSPS) is 15.4. The van der Waals surface area contributed by atoms with E-state index in [-0.39, 0.29) is 25.6 Å². The summed E-state index contributed by atoms with van der Waals surface area (Å²) in [6.07, 6.45) is 0.379. The number of carboxylic acid groups (broad SMARTS) is 1. The number of rotatable bonds is 13. The van der Waals surface area contributed by atoms with Gasteiger partial charge < -0.3 is 18.9 Å². The molecule has 0 aliphatic carbocycles. The molecule has 0 aromatic heterocycles. The van der Waals surface area contributed by atoms with E-state index in [4.69, 9.17) is 9.26 Å². The average Bonchev–Trinajstić information content (AvgIpc) is 2.79. The predicted octanol–water partition coefficient (Wildman–Crippen LogP) is 4.98. The zero-order valence-electron chi connectivity index (χ0n) is 19.7. The molecule has 0 saturated carbocycles. The number of methoxy groups -OCH3 is 1. The van der Waals surface area contributed by atoms with E-state index in [0.29, 0.717) is 12.2 Å². The molecule has 182 valence electrons. The van der Waals surface area contributed by atoms with Crippen LogP contribution in [0.1, 0.15) is 44.7 Å². The Bertz CT molecular complexity index is 934. The number of hydrogen-bond acceptors (Lipinski definition) is 6. The molecular formula is C24H34NO6PS. The Kier molecular flexibility index (Phi) is 10.5. The van der Waals surface area contributed by atoms with Crippen molar-refractivity contribution in [3.05, 3.63) is 65.7 Å². The van der Waals surface area contributed by atoms with Crippen molar-refractivity contribution in [2.24, 2.45) is 0 Å². The van der Waals surface area contributed by atoms with Gasteiger partial charge in [-0.25, -0.2) is 0 Å². The summed E-state index contributed by atoms with van der Waals surface area (Å²) < 4.78 is 40.9. The summed E-state index contributed by atoms with van der Waals surface area (Å²) in [5.74, 6) is -1.20. The molecule has 0 fully saturated rings. The van der Waals surface area contributed by atoms with Crippen LogP contribution < -0.4 is 9.46 Å². The fourth-order valence-electron chi connectivity index (χ4n) is 3.15. The molecule has 2 rings (SSSR count). The molecular weight excluding hydrogens is 461 g/mol. The first-order valence-corrected chi connectivity index (χ1v) is 13.9. The molecule has 7 nitrogen and oxygen atoms in total. The third-order valence-electron chi connectivity index (χ3n) is 5.08. The summed E-state index contributed by atoms with van der Waals surface area (Å²) in [5.41, 5.74) is 1.72. The van der Waals surface area contributed by atoms with Gasteiger partial charge in [-0.2, -0.15) is 0 Å². The lowest BCUT2D eigenvalue weighted by Crippen LogP contribution is -2.45. The highest BCUT2D eigenvalue weighted by Gasteiger charge is 2.40. The smallest absolute Gasteiger partial charge is 0.303 e. The van der Waals surface area contributed by atoms with Crippen LogP contribution in [0, 0.1) is 0 Å². The minimum Gasteiger partial charge on any atom is -0.598 e. The fraction of sp³-hybridized carbons (Fsp3) is 0.458. The van der Waals surface area contributed by atoms with Crippen LogP contribution in [0.2, 0.25) is 0 Å². The van der Waals surface area contributed by atoms with Gasteiger partial charge in [0.1, 0.15) is 16.3 Å². The molecule has 1 unspecified atom stereocenters. The van der Waals surface area contributed by atoms with Gasteiger partial charge in [-0.3, -0.25) is 9.36 Å². The molecule has 2 aromatic carbocycles. The lowest BCUT2D eigenvalue weighted by molar-refractivity contribution is -0.137. The number of carboxylic acids is 1. The first-order chi connectivity index (χ1) is 15.5. The minimum atomic E-state index is -3.49. The maximum absolute atomic E-state index is 14.3. The fourth-order valence-corrected chi connectivity index (χ4v) is 6.86. The molecule has 0 radical (unpaired) electrons. The Balaban J connectivity index is 2.33. The van der Waals surface area contributed by atoms with Crippen molar-refractivity contribution in [3.63, 3.8) is 0 Å². The van der Waals surface area contributed by atoms with Crippen molar-refractivity contribution in [2.75, 3.05) is 13.3 Å². The second-order valence-electron chi connectivity index (χ2n) is 8.72. The molecule has 0 spiro atoms. The van der Waals surface area contributed by atoms with Gasteiger partial charge >= 0.3 is 5.97 Å². The lowest BCUT2D eigenvalue weighted by Gasteiger charge is -2.32. The standard InChI is InChI=1S/C24H34NO6PS/c1-24(2,3)33(29)25-22(14-15-23(26)27)32(28,31-18-19-10-6-5-7-11-19)17-16-20-12-8-9-13-21(20)30-4/h5-13,22,25H,14-18H2,1-4H3,(H,26,27)/t22-,32?,33+/m1/s1. The summed E-state index contributed by atoms with van der Waals surface area (Å²) in [6.45, 7) is 5.51. The van der Waals surface area contributed by atoms with E-state index in [0.717, 1.165) is 11.1 Å². The molecule has 0 saturated heterocycles. The third-order valence-corrected chi connectivity index (χ3v) is 9.62. The number of aliphatic carboxylic acids is 1. The number of carbonyl (C=O) groups is 1. The molecule has 0 heterocycles. The number of para-hydroxylation sites is 1. The van der Waals surface area contributed by atoms with Crippen molar-refractivity contribution in [1.29, 1.82) is 0 Å². The molecule has 33 heavy (non-hydrogen) atoms. The van der Waals surface area contributed by atoms with E-state index in [1.54, 1.807) is 27.9 Å². The number of aryl methyl sites for hydroxylation is 1. The summed E-state index contributed by atoms with van der Waals surface area (Å²) >= 11 is -1.55. The van der Waals surface area contributed by atoms with Crippen molar-refractivity contribution < 1.29 is 28.3 Å². The molecule has 0 aliphatic heterocycles. The first-order valence-electron chi connectivity index (χ1n) is 10.8. The summed E-state index contributed by atoms with van der Waals surface area (Å²) in [6, 6.07) is 16.8. The Hall–Kier alpha value is -1.83. The summed E-state index contributed by atoms with van der Waals surface area (Å²) in [7, 11) is -1.92. The quantitative estimate of drug-likeness (QED) is 0.298. The maximum atomic E-state index is 14.3. The monoisotopic (exact) mass is 495 g/mol. The van der Waals surface area contributed by atoms with Gasteiger partial charge in [0.05, 0.1) is 13.7 Å². The van der Waals surface area contributed by atoms with E-state index in [2.05, 4.69) is 4.72 Å². The molecule has 0 aliphatic rings. The topological polar surface area (TPSA) is 108 Å². The van der Waals surface area contributed by atoms with Crippen molar-refractivity contribution in [1.82, 2.24) is 4.72 Å². The summed E-state index contributed by atoms with van der Waals surface area (Å²) in [5, 5.41) is 9.26. The minimum absolute atomic E-state index is 0.0369. The molecule has 0 bridgehead atoms.